The Bertz CT molecular complexity index is 822. The normalized spacial score (nSPS) is 18.0. The minimum atomic E-state index is -3.73. The van der Waals surface area contributed by atoms with E-state index in [1.54, 1.807) is 20.1 Å². The zero-order valence-corrected chi connectivity index (χ0v) is 17.3. The molecule has 1 heterocycles. The molecule has 9 heteroatoms. The lowest BCUT2D eigenvalue weighted by Crippen LogP contribution is -2.36. The Morgan fingerprint density at radius 1 is 1.08 bits per heavy atom. The third kappa shape index (κ3) is 5.26. The van der Waals surface area contributed by atoms with Crippen molar-refractivity contribution >= 4 is 19.9 Å². The SMILES string of the molecule is COCCCN1CCCN(S(=O)(=O)c2cc(S(C)(=O)=O)ccc2C)CC1. The van der Waals surface area contributed by atoms with E-state index in [0.717, 1.165) is 32.2 Å². The van der Waals surface area contributed by atoms with Crippen LogP contribution in [0.15, 0.2) is 28.0 Å². The molecule has 1 aliphatic rings. The molecule has 1 fully saturated rings. The van der Waals surface area contributed by atoms with Gasteiger partial charge < -0.3 is 9.64 Å². The Morgan fingerprint density at radius 2 is 1.81 bits per heavy atom. The van der Waals surface area contributed by atoms with E-state index in [1.807, 2.05) is 0 Å². The lowest BCUT2D eigenvalue weighted by Gasteiger charge is -2.22. The Kier molecular flexibility index (Phi) is 7.20. The van der Waals surface area contributed by atoms with Gasteiger partial charge in [0, 0.05) is 46.2 Å². The minimum Gasteiger partial charge on any atom is -0.385 e. The molecule has 1 saturated heterocycles. The summed E-state index contributed by atoms with van der Waals surface area (Å²) in [5.41, 5.74) is 0.554. The van der Waals surface area contributed by atoms with Crippen LogP contribution >= 0.6 is 0 Å². The number of hydrogen-bond donors (Lipinski definition) is 0. The molecule has 0 amide bonds. The molecule has 0 bridgehead atoms. The van der Waals surface area contributed by atoms with E-state index < -0.39 is 19.9 Å². The summed E-state index contributed by atoms with van der Waals surface area (Å²) >= 11 is 0. The summed E-state index contributed by atoms with van der Waals surface area (Å²) in [6.07, 6.45) is 2.74. The molecule has 0 spiro atoms. The second-order valence-corrected chi connectivity index (χ2v) is 10.6. The fourth-order valence-corrected chi connectivity index (χ4v) is 5.51. The van der Waals surface area contributed by atoms with Gasteiger partial charge in [0.1, 0.15) is 0 Å². The summed E-state index contributed by atoms with van der Waals surface area (Å²) in [7, 11) is -5.52. The van der Waals surface area contributed by atoms with Gasteiger partial charge in [0.2, 0.25) is 10.0 Å². The predicted octanol–water partition coefficient (Wildman–Crippen LogP) is 1.13. The van der Waals surface area contributed by atoms with E-state index >= 15 is 0 Å². The van der Waals surface area contributed by atoms with E-state index in [-0.39, 0.29) is 9.79 Å². The molecule has 0 unspecified atom stereocenters. The van der Waals surface area contributed by atoms with Gasteiger partial charge in [-0.3, -0.25) is 0 Å². The van der Waals surface area contributed by atoms with Gasteiger partial charge in [-0.05, 0) is 44.0 Å². The van der Waals surface area contributed by atoms with Crippen LogP contribution in [0.25, 0.3) is 0 Å². The molecule has 1 aliphatic heterocycles. The summed E-state index contributed by atoms with van der Waals surface area (Å²) in [6, 6.07) is 4.28. The molecule has 0 aromatic heterocycles. The van der Waals surface area contributed by atoms with Crippen molar-refractivity contribution in [1.82, 2.24) is 9.21 Å². The summed E-state index contributed by atoms with van der Waals surface area (Å²) in [6.45, 7) is 5.60. The Labute approximate surface area is 156 Å². The van der Waals surface area contributed by atoms with Crippen LogP contribution in [-0.2, 0) is 24.6 Å². The van der Waals surface area contributed by atoms with Crippen molar-refractivity contribution in [3.05, 3.63) is 23.8 Å². The zero-order chi connectivity index (χ0) is 19.4. The number of ether oxygens (including phenoxy) is 1. The van der Waals surface area contributed by atoms with Gasteiger partial charge in [0.15, 0.2) is 9.84 Å². The average molecular weight is 405 g/mol. The molecule has 0 aliphatic carbocycles. The van der Waals surface area contributed by atoms with Gasteiger partial charge in [-0.2, -0.15) is 4.31 Å². The maximum atomic E-state index is 13.1. The molecule has 1 aromatic carbocycles. The maximum absolute atomic E-state index is 13.1. The summed E-state index contributed by atoms with van der Waals surface area (Å²) in [5.74, 6) is 0. The molecular formula is C17H28N2O5S2. The standard InChI is InChI=1S/C17H28N2O5S2/c1-15-6-7-16(25(3,20)21)14-17(15)26(22,23)19-10-4-8-18(11-12-19)9-5-13-24-2/h6-7,14H,4-5,8-13H2,1-3H3. The molecule has 0 N–H and O–H groups in total. The number of methoxy groups -OCH3 is 1. The fraction of sp³-hybridized carbons (Fsp3) is 0.647. The quantitative estimate of drug-likeness (QED) is 0.634. The number of aryl methyl sites for hydroxylation is 1. The highest BCUT2D eigenvalue weighted by molar-refractivity contribution is 7.91. The minimum absolute atomic E-state index is 0.0256. The highest BCUT2D eigenvalue weighted by atomic mass is 32.2. The molecule has 0 atom stereocenters. The first-order chi connectivity index (χ1) is 12.2. The Hall–Kier alpha value is -1.00. The van der Waals surface area contributed by atoms with Crippen molar-refractivity contribution in [3.63, 3.8) is 0 Å². The van der Waals surface area contributed by atoms with Crippen molar-refractivity contribution in [2.45, 2.75) is 29.6 Å². The van der Waals surface area contributed by atoms with Gasteiger partial charge in [-0.15, -0.1) is 0 Å². The highest BCUT2D eigenvalue weighted by Crippen LogP contribution is 2.24. The summed E-state index contributed by atoms with van der Waals surface area (Å²) in [5, 5.41) is 0. The third-order valence-corrected chi connectivity index (χ3v) is 7.73. The van der Waals surface area contributed by atoms with Crippen molar-refractivity contribution < 1.29 is 21.6 Å². The molecular weight excluding hydrogens is 376 g/mol. The number of hydrogen-bond acceptors (Lipinski definition) is 6. The van der Waals surface area contributed by atoms with Crippen LogP contribution in [0.5, 0.6) is 0 Å². The molecule has 0 saturated carbocycles. The van der Waals surface area contributed by atoms with Crippen LogP contribution in [0.4, 0.5) is 0 Å². The predicted molar refractivity (Wildman–Crippen MR) is 101 cm³/mol. The van der Waals surface area contributed by atoms with Crippen molar-refractivity contribution in [2.75, 3.05) is 52.7 Å². The molecule has 26 heavy (non-hydrogen) atoms. The van der Waals surface area contributed by atoms with E-state index in [4.69, 9.17) is 4.74 Å². The van der Waals surface area contributed by atoms with Gasteiger partial charge in [0.05, 0.1) is 9.79 Å². The van der Waals surface area contributed by atoms with E-state index in [9.17, 15) is 16.8 Å². The Balaban J connectivity index is 2.20. The third-order valence-electron chi connectivity index (χ3n) is 4.58. The molecule has 148 valence electrons. The van der Waals surface area contributed by atoms with Crippen LogP contribution in [0.3, 0.4) is 0 Å². The van der Waals surface area contributed by atoms with Crippen molar-refractivity contribution in [1.29, 1.82) is 0 Å². The van der Waals surface area contributed by atoms with Gasteiger partial charge in [0.25, 0.3) is 0 Å². The zero-order valence-electron chi connectivity index (χ0n) is 15.6. The fourth-order valence-electron chi connectivity index (χ4n) is 3.07. The number of sulfonamides is 1. The van der Waals surface area contributed by atoms with E-state index in [0.29, 0.717) is 31.8 Å². The first-order valence-corrected chi connectivity index (χ1v) is 12.0. The number of rotatable bonds is 7. The monoisotopic (exact) mass is 404 g/mol. The molecule has 7 nitrogen and oxygen atoms in total. The number of nitrogens with zero attached hydrogens (tertiary/aromatic N) is 2. The average Bonchev–Trinajstić information content (AvgIpc) is 2.80. The van der Waals surface area contributed by atoms with Gasteiger partial charge in [-0.1, -0.05) is 6.07 Å². The van der Waals surface area contributed by atoms with Gasteiger partial charge in [-0.25, -0.2) is 16.8 Å². The first-order valence-electron chi connectivity index (χ1n) is 8.68. The smallest absolute Gasteiger partial charge is 0.243 e. The lowest BCUT2D eigenvalue weighted by molar-refractivity contribution is 0.173. The van der Waals surface area contributed by atoms with Crippen LogP contribution in [-0.4, -0.2) is 78.7 Å². The molecule has 2 rings (SSSR count). The number of benzene rings is 1. The lowest BCUT2D eigenvalue weighted by atomic mass is 10.2. The molecule has 1 aromatic rings. The topological polar surface area (TPSA) is 84.0 Å². The van der Waals surface area contributed by atoms with Crippen molar-refractivity contribution in [3.8, 4) is 0 Å². The second kappa shape index (κ2) is 8.79. The van der Waals surface area contributed by atoms with Crippen molar-refractivity contribution in [2.24, 2.45) is 0 Å². The summed E-state index contributed by atoms with van der Waals surface area (Å²) in [4.78, 5) is 2.35. The van der Waals surface area contributed by atoms with Crippen LogP contribution in [0.2, 0.25) is 0 Å². The largest absolute Gasteiger partial charge is 0.385 e. The Morgan fingerprint density at radius 3 is 2.46 bits per heavy atom. The van der Waals surface area contributed by atoms with Crippen LogP contribution in [0.1, 0.15) is 18.4 Å². The van der Waals surface area contributed by atoms with Crippen LogP contribution < -0.4 is 0 Å². The number of sulfone groups is 1. The van der Waals surface area contributed by atoms with E-state index in [2.05, 4.69) is 4.90 Å². The highest BCUT2D eigenvalue weighted by Gasteiger charge is 2.29. The van der Waals surface area contributed by atoms with Crippen LogP contribution in [0, 0.1) is 6.92 Å². The summed E-state index contributed by atoms with van der Waals surface area (Å²) < 4.78 is 56.3. The first kappa shape index (κ1) is 21.3. The maximum Gasteiger partial charge on any atom is 0.243 e. The van der Waals surface area contributed by atoms with Gasteiger partial charge >= 0.3 is 0 Å². The second-order valence-electron chi connectivity index (χ2n) is 6.65. The van der Waals surface area contributed by atoms with E-state index in [1.165, 1.54) is 16.4 Å². The molecule has 0 radical (unpaired) electrons.